The predicted molar refractivity (Wildman–Crippen MR) is 92.9 cm³/mol. The number of carbonyl (C=O) groups excluding carboxylic acids is 1. The van der Waals surface area contributed by atoms with Crippen LogP contribution in [0.15, 0.2) is 41.2 Å². The van der Waals surface area contributed by atoms with Gasteiger partial charge in [0.15, 0.2) is 4.83 Å². The van der Waals surface area contributed by atoms with Crippen molar-refractivity contribution in [3.63, 3.8) is 0 Å². The van der Waals surface area contributed by atoms with Crippen molar-refractivity contribution in [2.75, 3.05) is 13.1 Å². The first-order valence-corrected chi connectivity index (χ1v) is 8.74. The minimum Gasteiger partial charge on any atom is -0.341 e. The van der Waals surface area contributed by atoms with E-state index in [1.165, 1.54) is 16.0 Å². The Balaban J connectivity index is 1.67. The number of hydrogen-bond acceptors (Lipinski definition) is 5. The van der Waals surface area contributed by atoms with Crippen LogP contribution in [0.3, 0.4) is 0 Å². The van der Waals surface area contributed by atoms with Gasteiger partial charge >= 0.3 is 0 Å². The highest BCUT2D eigenvalue weighted by Crippen LogP contribution is 2.30. The zero-order valence-corrected chi connectivity index (χ0v) is 13.8. The molecule has 0 aliphatic carbocycles. The van der Waals surface area contributed by atoms with Crippen molar-refractivity contribution >= 4 is 27.5 Å². The largest absolute Gasteiger partial charge is 0.341 e. The highest BCUT2D eigenvalue weighted by Gasteiger charge is 2.20. The number of likely N-dealkylation sites (tertiary alicyclic amines) is 1. The van der Waals surface area contributed by atoms with E-state index in [1.54, 1.807) is 4.90 Å². The van der Waals surface area contributed by atoms with Gasteiger partial charge in [0.2, 0.25) is 5.91 Å². The van der Waals surface area contributed by atoms with E-state index in [0.717, 1.165) is 36.4 Å². The third-order valence-corrected chi connectivity index (χ3v) is 5.29. The molecular weight excluding hydrogens is 324 g/mol. The summed E-state index contributed by atoms with van der Waals surface area (Å²) in [5.74, 6) is -0.0678. The molecule has 0 radical (unpaired) electrons. The molecule has 24 heavy (non-hydrogen) atoms. The lowest BCUT2D eigenvalue weighted by atomic mass is 10.2. The monoisotopic (exact) mass is 340 g/mol. The predicted octanol–water partition coefficient (Wildman–Crippen LogP) is 2.14. The average molecular weight is 340 g/mol. The summed E-state index contributed by atoms with van der Waals surface area (Å²) < 4.78 is 1.17. The maximum absolute atomic E-state index is 12.6. The van der Waals surface area contributed by atoms with Crippen LogP contribution in [0.4, 0.5) is 0 Å². The van der Waals surface area contributed by atoms with Gasteiger partial charge in [-0.1, -0.05) is 35.5 Å². The van der Waals surface area contributed by atoms with Crippen molar-refractivity contribution in [2.24, 2.45) is 0 Å². The van der Waals surface area contributed by atoms with Gasteiger partial charge in [-0.2, -0.15) is 0 Å². The van der Waals surface area contributed by atoms with Crippen molar-refractivity contribution in [2.45, 2.75) is 19.4 Å². The summed E-state index contributed by atoms with van der Waals surface area (Å²) >= 11 is 1.44. The van der Waals surface area contributed by atoms with Gasteiger partial charge in [-0.05, 0) is 24.5 Å². The summed E-state index contributed by atoms with van der Waals surface area (Å²) in [4.78, 5) is 28.2. The van der Waals surface area contributed by atoms with Crippen molar-refractivity contribution in [1.82, 2.24) is 19.9 Å². The van der Waals surface area contributed by atoms with Crippen LogP contribution < -0.4 is 5.56 Å². The number of nitrogens with zero attached hydrogens (tertiary/aromatic N) is 4. The summed E-state index contributed by atoms with van der Waals surface area (Å²) in [7, 11) is 0. The van der Waals surface area contributed by atoms with Crippen LogP contribution in [-0.2, 0) is 11.3 Å². The Morgan fingerprint density at radius 2 is 1.92 bits per heavy atom. The Morgan fingerprint density at radius 3 is 2.67 bits per heavy atom. The number of hydrogen-bond donors (Lipinski definition) is 0. The van der Waals surface area contributed by atoms with E-state index in [2.05, 4.69) is 10.3 Å². The third-order valence-electron chi connectivity index (χ3n) is 4.22. The number of amides is 1. The molecule has 4 rings (SSSR count). The molecule has 6 nitrogen and oxygen atoms in total. The van der Waals surface area contributed by atoms with Gasteiger partial charge in [-0.3, -0.25) is 9.59 Å². The van der Waals surface area contributed by atoms with Crippen LogP contribution in [0, 0.1) is 0 Å². The summed E-state index contributed by atoms with van der Waals surface area (Å²) in [6.07, 6.45) is 2.05. The van der Waals surface area contributed by atoms with E-state index in [1.807, 2.05) is 36.4 Å². The average Bonchev–Trinajstić information content (AvgIpc) is 3.28. The molecule has 7 heteroatoms. The molecule has 0 bridgehead atoms. The maximum Gasteiger partial charge on any atom is 0.279 e. The quantitative estimate of drug-likeness (QED) is 0.732. The minimum atomic E-state index is -0.258. The van der Waals surface area contributed by atoms with E-state index < -0.39 is 0 Å². The molecule has 1 aromatic carbocycles. The van der Waals surface area contributed by atoms with Crippen molar-refractivity contribution < 1.29 is 4.79 Å². The molecule has 1 amide bonds. The Kier molecular flexibility index (Phi) is 3.86. The molecule has 1 aliphatic heterocycles. The van der Waals surface area contributed by atoms with Gasteiger partial charge in [0.05, 0.1) is 5.39 Å². The summed E-state index contributed by atoms with van der Waals surface area (Å²) in [5, 5.41) is 8.59. The maximum atomic E-state index is 12.6. The lowest BCUT2D eigenvalue weighted by Gasteiger charge is -2.14. The Bertz CT molecular complexity index is 942. The molecule has 0 spiro atoms. The fraction of sp³-hybridized carbons (Fsp3) is 0.294. The summed E-state index contributed by atoms with van der Waals surface area (Å²) in [6, 6.07) is 11.7. The highest BCUT2D eigenvalue weighted by molar-refractivity contribution is 7.21. The Hall–Kier alpha value is -2.54. The molecule has 3 heterocycles. The fourth-order valence-electron chi connectivity index (χ4n) is 2.93. The molecular formula is C17H16N4O2S. The van der Waals surface area contributed by atoms with Gasteiger partial charge in [-0.25, -0.2) is 4.68 Å². The van der Waals surface area contributed by atoms with Crippen molar-refractivity contribution in [1.29, 1.82) is 0 Å². The van der Waals surface area contributed by atoms with E-state index in [-0.39, 0.29) is 18.0 Å². The van der Waals surface area contributed by atoms with Gasteiger partial charge in [-0.15, -0.1) is 16.4 Å². The summed E-state index contributed by atoms with van der Waals surface area (Å²) in [6.45, 7) is 1.48. The smallest absolute Gasteiger partial charge is 0.279 e. The third kappa shape index (κ3) is 2.71. The normalized spacial score (nSPS) is 14.4. The topological polar surface area (TPSA) is 68.1 Å². The molecule has 0 saturated carbocycles. The van der Waals surface area contributed by atoms with Crippen LogP contribution in [0.1, 0.15) is 12.8 Å². The molecule has 1 saturated heterocycles. The standard InChI is InChI=1S/C17H16N4O2S/c22-15(20-8-4-5-9-20)11-21-17(23)13-10-14(24-16(13)18-19-21)12-6-2-1-3-7-12/h1-3,6-7,10H,4-5,8-9,11H2. The van der Waals surface area contributed by atoms with Gasteiger partial charge in [0.1, 0.15) is 6.54 Å². The van der Waals surface area contributed by atoms with Crippen molar-refractivity contribution in [3.8, 4) is 10.4 Å². The molecule has 0 unspecified atom stereocenters. The molecule has 1 fully saturated rings. The van der Waals surface area contributed by atoms with E-state index >= 15 is 0 Å². The van der Waals surface area contributed by atoms with Gasteiger partial charge < -0.3 is 4.90 Å². The lowest BCUT2D eigenvalue weighted by Crippen LogP contribution is -2.35. The lowest BCUT2D eigenvalue weighted by molar-refractivity contribution is -0.131. The van der Waals surface area contributed by atoms with Crippen molar-refractivity contribution in [3.05, 3.63) is 46.8 Å². The molecule has 122 valence electrons. The Labute approximate surface area is 142 Å². The first-order chi connectivity index (χ1) is 11.7. The zero-order chi connectivity index (χ0) is 16.5. The van der Waals surface area contributed by atoms with Crippen LogP contribution >= 0.6 is 11.3 Å². The second-order valence-electron chi connectivity index (χ2n) is 5.84. The number of thiophene rings is 1. The molecule has 2 aromatic heterocycles. The van der Waals surface area contributed by atoms with E-state index in [4.69, 9.17) is 0 Å². The van der Waals surface area contributed by atoms with Crippen LogP contribution in [0.2, 0.25) is 0 Å². The number of fused-ring (bicyclic) bond motifs is 1. The van der Waals surface area contributed by atoms with Crippen LogP contribution in [0.5, 0.6) is 0 Å². The first-order valence-electron chi connectivity index (χ1n) is 7.93. The number of rotatable bonds is 3. The van der Waals surface area contributed by atoms with E-state index in [0.29, 0.717) is 10.2 Å². The Morgan fingerprint density at radius 1 is 1.17 bits per heavy atom. The zero-order valence-electron chi connectivity index (χ0n) is 13.0. The minimum absolute atomic E-state index is 0.0434. The summed E-state index contributed by atoms with van der Waals surface area (Å²) in [5.41, 5.74) is 0.783. The number of aromatic nitrogens is 3. The second-order valence-corrected chi connectivity index (χ2v) is 6.87. The molecule has 0 N–H and O–H groups in total. The highest BCUT2D eigenvalue weighted by atomic mass is 32.1. The molecule has 0 atom stereocenters. The van der Waals surface area contributed by atoms with Gasteiger partial charge in [0, 0.05) is 18.0 Å². The van der Waals surface area contributed by atoms with Gasteiger partial charge in [0.25, 0.3) is 5.56 Å². The number of benzene rings is 1. The second kappa shape index (κ2) is 6.16. The first kappa shape index (κ1) is 15.0. The molecule has 1 aliphatic rings. The fourth-order valence-corrected chi connectivity index (χ4v) is 3.90. The molecule has 3 aromatic rings. The van der Waals surface area contributed by atoms with Crippen LogP contribution in [-0.4, -0.2) is 38.9 Å². The van der Waals surface area contributed by atoms with Crippen LogP contribution in [0.25, 0.3) is 20.7 Å². The number of carbonyl (C=O) groups is 1. The van der Waals surface area contributed by atoms with E-state index in [9.17, 15) is 9.59 Å². The SMILES string of the molecule is O=C(Cn1nnc2sc(-c3ccccc3)cc2c1=O)N1CCCC1.